The number of ether oxygens (including phenoxy) is 1. The Labute approximate surface area is 133 Å². The Morgan fingerprint density at radius 1 is 1.22 bits per heavy atom. The van der Waals surface area contributed by atoms with Crippen molar-refractivity contribution in [3.05, 3.63) is 69.3 Å². The molecule has 0 heterocycles. The minimum absolute atomic E-state index is 0.0947. The van der Waals surface area contributed by atoms with Crippen LogP contribution in [-0.4, -0.2) is 22.6 Å². The van der Waals surface area contributed by atoms with Crippen molar-refractivity contribution in [2.45, 2.75) is 19.8 Å². The van der Waals surface area contributed by atoms with Crippen molar-refractivity contribution in [1.82, 2.24) is 0 Å². The minimum Gasteiger partial charge on any atom is -0.419 e. The van der Waals surface area contributed by atoms with Gasteiger partial charge in [-0.05, 0) is 23.6 Å². The van der Waals surface area contributed by atoms with Gasteiger partial charge < -0.3 is 9.84 Å². The lowest BCUT2D eigenvalue weighted by atomic mass is 9.96. The fourth-order valence-corrected chi connectivity index (χ4v) is 2.47. The fraction of sp³-hybridized carbons (Fsp3) is 0.235. The van der Waals surface area contributed by atoms with E-state index in [1.165, 1.54) is 13.0 Å². The predicted molar refractivity (Wildman–Crippen MR) is 84.4 cm³/mol. The molecule has 0 aromatic heterocycles. The fourth-order valence-electron chi connectivity index (χ4n) is 2.47. The topological polar surface area (TPSA) is 89.7 Å². The first-order chi connectivity index (χ1) is 11.0. The molecule has 2 aromatic carbocycles. The highest BCUT2D eigenvalue weighted by Gasteiger charge is 2.25. The van der Waals surface area contributed by atoms with Crippen LogP contribution in [0.4, 0.5) is 5.69 Å². The molecule has 0 aliphatic carbocycles. The van der Waals surface area contributed by atoms with Crippen LogP contribution in [0.1, 0.15) is 23.6 Å². The van der Waals surface area contributed by atoms with Crippen molar-refractivity contribution in [2.24, 2.45) is 0 Å². The Hall–Kier alpha value is -2.73. The smallest absolute Gasteiger partial charge is 0.315 e. The average molecular weight is 315 g/mol. The van der Waals surface area contributed by atoms with Crippen molar-refractivity contribution in [2.75, 3.05) is 6.61 Å². The molecule has 0 fully saturated rings. The number of nitro benzene ring substituents is 1. The molecule has 6 nitrogen and oxygen atoms in total. The zero-order valence-corrected chi connectivity index (χ0v) is 12.7. The summed E-state index contributed by atoms with van der Waals surface area (Å²) in [5, 5.41) is 20.7. The van der Waals surface area contributed by atoms with Gasteiger partial charge in [0, 0.05) is 25.5 Å². The zero-order chi connectivity index (χ0) is 16.8. The lowest BCUT2D eigenvalue weighted by Crippen LogP contribution is -2.09. The Balaban J connectivity index is 2.52. The number of carbonyl (C=O) groups excluding carboxylic acids is 1. The van der Waals surface area contributed by atoms with Gasteiger partial charge in [0.05, 0.1) is 4.92 Å². The molecule has 0 saturated heterocycles. The second-order valence-electron chi connectivity index (χ2n) is 5.04. The van der Waals surface area contributed by atoms with E-state index in [-0.39, 0.29) is 24.5 Å². The largest absolute Gasteiger partial charge is 0.419 e. The summed E-state index contributed by atoms with van der Waals surface area (Å²) in [6.45, 7) is 0.958. The first kappa shape index (κ1) is 16.6. The van der Waals surface area contributed by atoms with Crippen molar-refractivity contribution in [1.29, 1.82) is 0 Å². The first-order valence-electron chi connectivity index (χ1n) is 7.15. The summed E-state index contributed by atoms with van der Waals surface area (Å²) < 4.78 is 4.94. The predicted octanol–water partition coefficient (Wildman–Crippen LogP) is 2.65. The van der Waals surface area contributed by atoms with E-state index >= 15 is 0 Å². The summed E-state index contributed by atoms with van der Waals surface area (Å²) in [6.07, 6.45) is 0.616. The molecule has 23 heavy (non-hydrogen) atoms. The van der Waals surface area contributed by atoms with E-state index in [2.05, 4.69) is 0 Å². The van der Waals surface area contributed by atoms with Gasteiger partial charge in [0.1, 0.15) is 0 Å². The Morgan fingerprint density at radius 3 is 2.48 bits per heavy atom. The van der Waals surface area contributed by atoms with Gasteiger partial charge in [-0.2, -0.15) is 0 Å². The Morgan fingerprint density at radius 2 is 1.91 bits per heavy atom. The normalized spacial score (nSPS) is 10.3. The summed E-state index contributed by atoms with van der Waals surface area (Å²) in [4.78, 5) is 22.0. The summed E-state index contributed by atoms with van der Waals surface area (Å²) >= 11 is 0. The summed E-state index contributed by atoms with van der Waals surface area (Å²) in [7, 11) is 0. The van der Waals surface area contributed by atoms with Crippen LogP contribution in [-0.2, 0) is 17.6 Å². The first-order valence-corrected chi connectivity index (χ1v) is 7.15. The standard InChI is InChI=1S/C17H17NO5/c1-12(20)23-16-8-7-14(11-13-5-3-2-4-6-13)15(9-10-19)17(16)18(21)22/h2-8,19H,9-11H2,1H3. The van der Waals surface area contributed by atoms with Crippen molar-refractivity contribution in [3.63, 3.8) is 0 Å². The molecular weight excluding hydrogens is 298 g/mol. The number of rotatable bonds is 6. The molecule has 2 rings (SSSR count). The number of benzene rings is 2. The quantitative estimate of drug-likeness (QED) is 0.383. The molecule has 0 saturated carbocycles. The van der Waals surface area contributed by atoms with Crippen LogP contribution in [0.2, 0.25) is 0 Å². The number of nitro groups is 1. The van der Waals surface area contributed by atoms with Crippen molar-refractivity contribution >= 4 is 11.7 Å². The zero-order valence-electron chi connectivity index (χ0n) is 12.7. The molecule has 120 valence electrons. The Bertz CT molecular complexity index is 712. The molecule has 2 aromatic rings. The molecule has 0 spiro atoms. The Kier molecular flexibility index (Phi) is 5.43. The summed E-state index contributed by atoms with van der Waals surface area (Å²) in [5.74, 6) is -0.721. The number of hydrogen-bond donors (Lipinski definition) is 1. The molecule has 0 amide bonds. The van der Waals surface area contributed by atoms with Crippen LogP contribution < -0.4 is 4.74 Å². The van der Waals surface area contributed by atoms with E-state index in [0.717, 1.165) is 11.1 Å². The molecule has 0 aliphatic rings. The number of aliphatic hydroxyl groups is 1. The summed E-state index contributed by atoms with van der Waals surface area (Å²) in [5.41, 5.74) is 1.86. The van der Waals surface area contributed by atoms with Crippen molar-refractivity contribution in [3.8, 4) is 5.75 Å². The van der Waals surface area contributed by atoms with Gasteiger partial charge in [0.2, 0.25) is 5.75 Å². The third kappa shape index (κ3) is 4.14. The lowest BCUT2D eigenvalue weighted by molar-refractivity contribution is -0.386. The monoisotopic (exact) mass is 315 g/mol. The van der Waals surface area contributed by atoms with Gasteiger partial charge in [-0.25, -0.2) is 0 Å². The van der Waals surface area contributed by atoms with Crippen LogP contribution >= 0.6 is 0 Å². The average Bonchev–Trinajstić information content (AvgIpc) is 2.50. The van der Waals surface area contributed by atoms with Gasteiger partial charge in [-0.15, -0.1) is 0 Å². The second-order valence-corrected chi connectivity index (χ2v) is 5.04. The van der Waals surface area contributed by atoms with Gasteiger partial charge in [0.15, 0.2) is 0 Å². The van der Waals surface area contributed by atoms with E-state index < -0.39 is 10.9 Å². The molecule has 6 heteroatoms. The van der Waals surface area contributed by atoms with Crippen LogP contribution in [0.5, 0.6) is 5.75 Å². The van der Waals surface area contributed by atoms with Crippen molar-refractivity contribution < 1.29 is 19.6 Å². The second kappa shape index (κ2) is 7.51. The highest BCUT2D eigenvalue weighted by molar-refractivity contribution is 5.72. The number of esters is 1. The molecule has 0 unspecified atom stereocenters. The maximum atomic E-state index is 11.4. The van der Waals surface area contributed by atoms with E-state index in [0.29, 0.717) is 12.0 Å². The van der Waals surface area contributed by atoms with E-state index in [1.807, 2.05) is 30.3 Å². The lowest BCUT2D eigenvalue weighted by Gasteiger charge is -2.12. The van der Waals surface area contributed by atoms with Gasteiger partial charge in [-0.3, -0.25) is 14.9 Å². The third-order valence-corrected chi connectivity index (χ3v) is 3.38. The number of aliphatic hydroxyl groups excluding tert-OH is 1. The molecule has 0 radical (unpaired) electrons. The van der Waals surface area contributed by atoms with E-state index in [9.17, 15) is 20.0 Å². The molecule has 0 aliphatic heterocycles. The minimum atomic E-state index is -0.626. The number of nitrogens with zero attached hydrogens (tertiary/aromatic N) is 1. The number of hydrogen-bond acceptors (Lipinski definition) is 5. The highest BCUT2D eigenvalue weighted by atomic mass is 16.6. The van der Waals surface area contributed by atoms with Crippen LogP contribution in [0.15, 0.2) is 42.5 Å². The number of carbonyl (C=O) groups is 1. The molecule has 0 atom stereocenters. The molecule has 0 bridgehead atoms. The summed E-state index contributed by atoms with van der Waals surface area (Å²) in [6, 6.07) is 12.7. The van der Waals surface area contributed by atoms with Crippen LogP contribution in [0.25, 0.3) is 0 Å². The van der Waals surface area contributed by atoms with E-state index in [1.54, 1.807) is 6.07 Å². The maximum Gasteiger partial charge on any atom is 0.315 e. The maximum absolute atomic E-state index is 11.4. The molecular formula is C17H17NO5. The highest BCUT2D eigenvalue weighted by Crippen LogP contribution is 2.35. The van der Waals surface area contributed by atoms with Crippen LogP contribution in [0, 0.1) is 10.1 Å². The van der Waals surface area contributed by atoms with Gasteiger partial charge >= 0.3 is 11.7 Å². The third-order valence-electron chi connectivity index (χ3n) is 3.38. The van der Waals surface area contributed by atoms with Gasteiger partial charge in [0.25, 0.3) is 0 Å². The van der Waals surface area contributed by atoms with Crippen LogP contribution in [0.3, 0.4) is 0 Å². The molecule has 1 N–H and O–H groups in total. The van der Waals surface area contributed by atoms with E-state index in [4.69, 9.17) is 4.74 Å². The SMILES string of the molecule is CC(=O)Oc1ccc(Cc2ccccc2)c(CCO)c1[N+](=O)[O-]. The van der Waals surface area contributed by atoms with Gasteiger partial charge in [-0.1, -0.05) is 36.4 Å².